The van der Waals surface area contributed by atoms with Crippen LogP contribution in [0.2, 0.25) is 10.0 Å². The van der Waals surface area contributed by atoms with E-state index in [-0.39, 0.29) is 15.6 Å². The first-order valence-electron chi connectivity index (χ1n) is 4.22. The van der Waals surface area contributed by atoms with Crippen molar-refractivity contribution < 1.29 is 9.90 Å². The Labute approximate surface area is 96.4 Å². The van der Waals surface area contributed by atoms with Gasteiger partial charge in [-0.1, -0.05) is 53.5 Å². The largest absolute Gasteiger partial charge is 0.478 e. The highest BCUT2D eigenvalue weighted by atomic mass is 35.5. The Balaban J connectivity index is 2.86. The van der Waals surface area contributed by atoms with Crippen molar-refractivity contribution in [2.45, 2.75) is 0 Å². The van der Waals surface area contributed by atoms with Gasteiger partial charge in [-0.2, -0.15) is 0 Å². The summed E-state index contributed by atoms with van der Waals surface area (Å²) in [4.78, 5) is 10.9. The zero-order valence-corrected chi connectivity index (χ0v) is 9.01. The van der Waals surface area contributed by atoms with E-state index in [2.05, 4.69) is 0 Å². The number of carbonyl (C=O) groups is 1. The summed E-state index contributed by atoms with van der Waals surface area (Å²) in [5.41, 5.74) is 1.28. The molecule has 0 bridgehead atoms. The maximum Gasteiger partial charge on any atom is 0.338 e. The predicted molar refractivity (Wildman–Crippen MR) is 60.0 cm³/mol. The van der Waals surface area contributed by atoms with Crippen LogP contribution < -0.4 is 0 Å². The van der Waals surface area contributed by atoms with Gasteiger partial charge in [0.15, 0.2) is 0 Å². The van der Waals surface area contributed by atoms with Crippen LogP contribution in [0.4, 0.5) is 0 Å². The van der Waals surface area contributed by atoms with E-state index in [1.54, 1.807) is 24.3 Å². The van der Waals surface area contributed by atoms with Crippen LogP contribution in [0.3, 0.4) is 0 Å². The third-order valence-corrected chi connectivity index (χ3v) is 2.95. The average molecular weight is 241 g/mol. The minimum absolute atomic E-state index is 0.0282. The predicted octanol–water partition coefficient (Wildman–Crippen LogP) is 3.80. The zero-order chi connectivity index (χ0) is 11.0. The normalized spacial score (nSPS) is 10.5. The first-order chi connectivity index (χ1) is 7.13. The van der Waals surface area contributed by atoms with Crippen LogP contribution in [0, 0.1) is 0 Å². The summed E-state index contributed by atoms with van der Waals surface area (Å²) in [6.07, 6.45) is 0. The van der Waals surface area contributed by atoms with Gasteiger partial charge in [-0.05, 0) is 0 Å². The van der Waals surface area contributed by atoms with E-state index in [4.69, 9.17) is 28.3 Å². The first-order valence-corrected chi connectivity index (χ1v) is 4.97. The summed E-state index contributed by atoms with van der Waals surface area (Å²) in [6, 6.07) is 8.89. The Hall–Kier alpha value is -1.25. The Morgan fingerprint density at radius 1 is 1.00 bits per heavy atom. The number of carboxylic acids is 1. The molecular weight excluding hydrogens is 235 g/mol. The highest BCUT2D eigenvalue weighted by Gasteiger charge is 2.24. The molecule has 4 heteroatoms. The molecule has 2 rings (SSSR count). The SMILES string of the molecule is O=C(O)c1c(Cl)c2cccccc-2c1Cl. The number of rotatable bonds is 1. The van der Waals surface area contributed by atoms with E-state index in [0.717, 1.165) is 0 Å². The quantitative estimate of drug-likeness (QED) is 0.824. The fraction of sp³-hybridized carbons (Fsp3) is 0. The topological polar surface area (TPSA) is 37.3 Å². The van der Waals surface area contributed by atoms with Crippen molar-refractivity contribution in [3.05, 3.63) is 45.9 Å². The number of fused-ring (bicyclic) bond motifs is 1. The van der Waals surface area contributed by atoms with Crippen LogP contribution in [-0.4, -0.2) is 11.1 Å². The Morgan fingerprint density at radius 3 is 1.87 bits per heavy atom. The summed E-state index contributed by atoms with van der Waals surface area (Å²) in [5, 5.41) is 9.33. The molecule has 0 aromatic rings. The van der Waals surface area contributed by atoms with Gasteiger partial charge < -0.3 is 5.11 Å². The fourth-order valence-electron chi connectivity index (χ4n) is 1.48. The lowest BCUT2D eigenvalue weighted by Gasteiger charge is -1.91. The molecule has 0 radical (unpaired) electrons. The molecule has 76 valence electrons. The molecule has 2 aliphatic rings. The molecule has 0 aliphatic heterocycles. The highest BCUT2D eigenvalue weighted by molar-refractivity contribution is 6.44. The molecule has 0 unspecified atom stereocenters. The summed E-state index contributed by atoms with van der Waals surface area (Å²) in [6.45, 7) is 0. The maximum atomic E-state index is 10.9. The summed E-state index contributed by atoms with van der Waals surface area (Å²) >= 11 is 11.9. The van der Waals surface area contributed by atoms with Gasteiger partial charge in [0.25, 0.3) is 0 Å². The summed E-state index contributed by atoms with van der Waals surface area (Å²) in [7, 11) is 0. The molecule has 0 aromatic carbocycles. The van der Waals surface area contributed by atoms with Crippen LogP contribution in [-0.2, 0) is 0 Å². The van der Waals surface area contributed by atoms with E-state index in [1.807, 2.05) is 6.07 Å². The minimum atomic E-state index is -1.11. The standard InChI is InChI=1S/C11H6Cl2O2/c12-9-6-4-2-1-3-5-7(6)10(13)8(9)11(14)15/h1-5H,(H,14,15). The lowest BCUT2D eigenvalue weighted by atomic mass is 10.2. The van der Waals surface area contributed by atoms with Gasteiger partial charge >= 0.3 is 5.97 Å². The van der Waals surface area contributed by atoms with Gasteiger partial charge in [-0.25, -0.2) is 4.79 Å². The van der Waals surface area contributed by atoms with Crippen molar-refractivity contribution in [2.24, 2.45) is 0 Å². The van der Waals surface area contributed by atoms with Crippen molar-refractivity contribution in [2.75, 3.05) is 0 Å². The van der Waals surface area contributed by atoms with Crippen molar-refractivity contribution in [1.82, 2.24) is 0 Å². The van der Waals surface area contributed by atoms with Gasteiger partial charge in [0.2, 0.25) is 0 Å². The maximum absolute atomic E-state index is 10.9. The number of carboxylic acid groups (broad SMARTS) is 1. The molecule has 2 aliphatic carbocycles. The second kappa shape index (κ2) is 3.72. The van der Waals surface area contributed by atoms with Gasteiger partial charge in [-0.15, -0.1) is 0 Å². The zero-order valence-electron chi connectivity index (χ0n) is 7.50. The molecular formula is C11H6Cl2O2. The molecule has 0 heterocycles. The van der Waals surface area contributed by atoms with Crippen LogP contribution in [0.15, 0.2) is 30.3 Å². The van der Waals surface area contributed by atoms with E-state index in [0.29, 0.717) is 11.1 Å². The van der Waals surface area contributed by atoms with Crippen LogP contribution in [0.5, 0.6) is 0 Å². The lowest BCUT2D eigenvalue weighted by Crippen LogP contribution is -1.94. The number of hydrogen-bond donors (Lipinski definition) is 1. The van der Waals surface area contributed by atoms with E-state index in [1.165, 1.54) is 0 Å². The monoisotopic (exact) mass is 240 g/mol. The van der Waals surface area contributed by atoms with Crippen molar-refractivity contribution >= 4 is 29.2 Å². The number of halogens is 2. The molecule has 0 amide bonds. The third kappa shape index (κ3) is 1.56. The smallest absolute Gasteiger partial charge is 0.338 e. The molecule has 2 nitrogen and oxygen atoms in total. The van der Waals surface area contributed by atoms with Crippen molar-refractivity contribution in [1.29, 1.82) is 0 Å². The molecule has 1 N–H and O–H groups in total. The lowest BCUT2D eigenvalue weighted by molar-refractivity contribution is 0.0698. The van der Waals surface area contributed by atoms with Gasteiger partial charge in [0, 0.05) is 11.1 Å². The molecule has 0 saturated carbocycles. The molecule has 0 spiro atoms. The van der Waals surface area contributed by atoms with E-state index < -0.39 is 5.97 Å². The minimum Gasteiger partial charge on any atom is -0.478 e. The Morgan fingerprint density at radius 2 is 1.47 bits per heavy atom. The molecule has 0 atom stereocenters. The second-order valence-corrected chi connectivity index (χ2v) is 3.80. The fourth-order valence-corrected chi connectivity index (χ4v) is 2.21. The Bertz CT molecular complexity index is 472. The van der Waals surface area contributed by atoms with Crippen LogP contribution in [0.1, 0.15) is 10.4 Å². The van der Waals surface area contributed by atoms with Gasteiger partial charge in [0.1, 0.15) is 0 Å². The number of hydrogen-bond acceptors (Lipinski definition) is 1. The summed E-state index contributed by atoms with van der Waals surface area (Å²) in [5.74, 6) is -1.11. The third-order valence-electron chi connectivity index (χ3n) is 2.16. The van der Waals surface area contributed by atoms with Crippen molar-refractivity contribution in [3.8, 4) is 11.1 Å². The van der Waals surface area contributed by atoms with E-state index >= 15 is 0 Å². The molecule has 0 aromatic heterocycles. The average Bonchev–Trinajstić information content (AvgIpc) is 2.40. The number of aromatic carboxylic acids is 1. The second-order valence-electron chi connectivity index (χ2n) is 3.05. The highest BCUT2D eigenvalue weighted by Crippen LogP contribution is 2.42. The Kier molecular flexibility index (Phi) is 2.55. The van der Waals surface area contributed by atoms with Gasteiger partial charge in [0.05, 0.1) is 15.6 Å². The molecule has 15 heavy (non-hydrogen) atoms. The van der Waals surface area contributed by atoms with Crippen LogP contribution in [0.25, 0.3) is 11.1 Å². The molecule has 0 fully saturated rings. The van der Waals surface area contributed by atoms with Gasteiger partial charge in [-0.3, -0.25) is 0 Å². The van der Waals surface area contributed by atoms with E-state index in [9.17, 15) is 4.79 Å². The summed E-state index contributed by atoms with van der Waals surface area (Å²) < 4.78 is 0. The molecule has 0 saturated heterocycles. The van der Waals surface area contributed by atoms with Crippen molar-refractivity contribution in [3.63, 3.8) is 0 Å². The first kappa shape index (κ1) is 10.3. The van der Waals surface area contributed by atoms with Crippen LogP contribution >= 0.6 is 23.2 Å².